The van der Waals surface area contributed by atoms with E-state index in [1.54, 1.807) is 23.2 Å². The van der Waals surface area contributed by atoms with Crippen LogP contribution in [0, 0.1) is 0 Å². The number of alkyl halides is 3. The number of hydrogen-bond donors (Lipinski definition) is 1. The standard InChI is InChI=1S/C25H24ClF3N4O2/c1-30-21-6-2-5-19(25(27,28)29)24(21)33(15-34)17-9-12-32(13-10-17)22(35)14-16-7-8-20-18(23(16)26)4-3-11-31-20/h2-8,11,15,17,30H,9-10,12-14H2,1H3. The van der Waals surface area contributed by atoms with E-state index in [4.69, 9.17) is 11.6 Å². The summed E-state index contributed by atoms with van der Waals surface area (Å²) < 4.78 is 41.1. The van der Waals surface area contributed by atoms with Gasteiger partial charge in [0.2, 0.25) is 12.3 Å². The topological polar surface area (TPSA) is 65.5 Å². The first-order chi connectivity index (χ1) is 16.7. The number of likely N-dealkylation sites (tertiary alicyclic amines) is 1. The molecule has 2 heterocycles. The number of nitrogens with zero attached hydrogens (tertiary/aromatic N) is 3. The third-order valence-corrected chi connectivity index (χ3v) is 6.78. The van der Waals surface area contributed by atoms with Crippen LogP contribution in [0.15, 0.2) is 48.7 Å². The minimum Gasteiger partial charge on any atom is -0.386 e. The lowest BCUT2D eigenvalue weighted by molar-refractivity contribution is -0.137. The largest absolute Gasteiger partial charge is 0.418 e. The van der Waals surface area contributed by atoms with Crippen molar-refractivity contribution < 1.29 is 22.8 Å². The van der Waals surface area contributed by atoms with Crippen molar-refractivity contribution in [3.8, 4) is 0 Å². The first-order valence-corrected chi connectivity index (χ1v) is 11.5. The lowest BCUT2D eigenvalue weighted by atomic mass is 9.99. The van der Waals surface area contributed by atoms with Gasteiger partial charge in [-0.25, -0.2) is 0 Å². The van der Waals surface area contributed by atoms with Gasteiger partial charge in [0, 0.05) is 37.8 Å². The lowest BCUT2D eigenvalue weighted by Gasteiger charge is -2.38. The van der Waals surface area contributed by atoms with Crippen LogP contribution in [0.4, 0.5) is 24.5 Å². The van der Waals surface area contributed by atoms with Gasteiger partial charge >= 0.3 is 6.18 Å². The monoisotopic (exact) mass is 504 g/mol. The summed E-state index contributed by atoms with van der Waals surface area (Å²) in [6, 6.07) is 10.5. The molecule has 1 N–H and O–H groups in total. The molecular formula is C25H24ClF3N4O2. The second kappa shape index (κ2) is 10.1. The molecule has 0 atom stereocenters. The Kier molecular flexibility index (Phi) is 7.16. The van der Waals surface area contributed by atoms with Crippen molar-refractivity contribution in [3.05, 3.63) is 64.8 Å². The number of piperidine rings is 1. The van der Waals surface area contributed by atoms with Crippen LogP contribution in [0.5, 0.6) is 0 Å². The van der Waals surface area contributed by atoms with Gasteiger partial charge in [-0.15, -0.1) is 0 Å². The molecule has 0 radical (unpaired) electrons. The second-order valence-electron chi connectivity index (χ2n) is 8.36. The van der Waals surface area contributed by atoms with Crippen molar-refractivity contribution >= 4 is 46.2 Å². The Labute approximate surface area is 205 Å². The zero-order valence-corrected chi connectivity index (χ0v) is 19.7. The molecular weight excluding hydrogens is 481 g/mol. The molecule has 1 aliphatic heterocycles. The number of rotatable bonds is 6. The van der Waals surface area contributed by atoms with E-state index in [9.17, 15) is 22.8 Å². The molecule has 2 aromatic carbocycles. The van der Waals surface area contributed by atoms with E-state index in [1.165, 1.54) is 19.2 Å². The van der Waals surface area contributed by atoms with Gasteiger partial charge in [0.1, 0.15) is 0 Å². The van der Waals surface area contributed by atoms with Gasteiger partial charge in [-0.2, -0.15) is 13.2 Å². The highest BCUT2D eigenvalue weighted by Gasteiger charge is 2.38. The Morgan fingerprint density at radius 2 is 1.94 bits per heavy atom. The Balaban J connectivity index is 1.48. The molecule has 0 saturated carbocycles. The van der Waals surface area contributed by atoms with Crippen molar-refractivity contribution in [2.75, 3.05) is 30.4 Å². The summed E-state index contributed by atoms with van der Waals surface area (Å²) in [7, 11) is 1.51. The number of benzene rings is 2. The van der Waals surface area contributed by atoms with Crippen molar-refractivity contribution in [2.24, 2.45) is 0 Å². The summed E-state index contributed by atoms with van der Waals surface area (Å²) in [6.07, 6.45) is -1.69. The van der Waals surface area contributed by atoms with Crippen LogP contribution >= 0.6 is 11.6 Å². The van der Waals surface area contributed by atoms with E-state index in [0.717, 1.165) is 21.9 Å². The van der Waals surface area contributed by atoms with Crippen LogP contribution in [0.3, 0.4) is 0 Å². The van der Waals surface area contributed by atoms with Gasteiger partial charge in [-0.05, 0) is 48.7 Å². The molecule has 35 heavy (non-hydrogen) atoms. The molecule has 0 aliphatic carbocycles. The van der Waals surface area contributed by atoms with Crippen molar-refractivity contribution in [3.63, 3.8) is 0 Å². The van der Waals surface area contributed by atoms with Crippen LogP contribution in [0.1, 0.15) is 24.0 Å². The average Bonchev–Trinajstić information content (AvgIpc) is 2.86. The highest BCUT2D eigenvalue weighted by molar-refractivity contribution is 6.36. The van der Waals surface area contributed by atoms with E-state index < -0.39 is 17.8 Å². The van der Waals surface area contributed by atoms with Crippen LogP contribution in [-0.2, 0) is 22.2 Å². The number of para-hydroxylation sites is 1. The molecule has 0 spiro atoms. The maximum atomic E-state index is 13.7. The number of hydrogen-bond acceptors (Lipinski definition) is 4. The molecule has 0 bridgehead atoms. The van der Waals surface area contributed by atoms with E-state index in [-0.39, 0.29) is 23.7 Å². The summed E-state index contributed by atoms with van der Waals surface area (Å²) >= 11 is 6.50. The number of fused-ring (bicyclic) bond motifs is 1. The highest BCUT2D eigenvalue weighted by Crippen LogP contribution is 2.42. The number of nitrogens with one attached hydrogen (secondary N) is 1. The van der Waals surface area contributed by atoms with E-state index in [2.05, 4.69) is 10.3 Å². The predicted molar refractivity (Wildman–Crippen MR) is 130 cm³/mol. The summed E-state index contributed by atoms with van der Waals surface area (Å²) in [5.74, 6) is -0.127. The van der Waals surface area contributed by atoms with Crippen molar-refractivity contribution in [1.82, 2.24) is 9.88 Å². The third kappa shape index (κ3) is 5.05. The summed E-state index contributed by atoms with van der Waals surface area (Å²) in [6.45, 7) is 0.646. The van der Waals surface area contributed by atoms with Crippen molar-refractivity contribution in [2.45, 2.75) is 31.5 Å². The van der Waals surface area contributed by atoms with Crippen molar-refractivity contribution in [1.29, 1.82) is 0 Å². The van der Waals surface area contributed by atoms with Gasteiger partial charge in [-0.3, -0.25) is 14.6 Å². The summed E-state index contributed by atoms with van der Waals surface area (Å²) in [5, 5.41) is 4.00. The quantitative estimate of drug-likeness (QED) is 0.472. The molecule has 6 nitrogen and oxygen atoms in total. The van der Waals surface area contributed by atoms with Gasteiger partial charge in [-0.1, -0.05) is 23.7 Å². The SMILES string of the molecule is CNc1cccc(C(F)(F)F)c1N(C=O)C1CCN(C(=O)Cc2ccc3ncccc3c2Cl)CC1. The van der Waals surface area contributed by atoms with Crippen LogP contribution < -0.4 is 10.2 Å². The molecule has 1 aliphatic rings. The minimum atomic E-state index is -4.62. The first kappa shape index (κ1) is 24.8. The van der Waals surface area contributed by atoms with E-state index in [1.807, 2.05) is 12.1 Å². The normalized spacial score (nSPS) is 14.7. The number of halogens is 4. The Bertz CT molecular complexity index is 1240. The highest BCUT2D eigenvalue weighted by atomic mass is 35.5. The number of pyridine rings is 1. The fourth-order valence-corrected chi connectivity index (χ4v) is 4.83. The van der Waals surface area contributed by atoms with Crippen LogP contribution in [0.2, 0.25) is 5.02 Å². The lowest BCUT2D eigenvalue weighted by Crippen LogP contribution is -2.47. The molecule has 1 fully saturated rings. The van der Waals surface area contributed by atoms with E-state index in [0.29, 0.717) is 42.9 Å². The average molecular weight is 505 g/mol. The van der Waals surface area contributed by atoms with Gasteiger partial charge < -0.3 is 15.1 Å². The number of carbonyl (C=O) groups excluding carboxylic acids is 2. The Morgan fingerprint density at radius 3 is 2.60 bits per heavy atom. The fourth-order valence-electron chi connectivity index (χ4n) is 4.54. The second-order valence-corrected chi connectivity index (χ2v) is 8.74. The Morgan fingerprint density at radius 1 is 1.20 bits per heavy atom. The maximum Gasteiger partial charge on any atom is 0.418 e. The number of amides is 2. The summed E-state index contributed by atoms with van der Waals surface area (Å²) in [4.78, 5) is 32.0. The van der Waals surface area contributed by atoms with Gasteiger partial charge in [0.25, 0.3) is 0 Å². The smallest absolute Gasteiger partial charge is 0.386 e. The zero-order valence-electron chi connectivity index (χ0n) is 19.0. The Hall–Kier alpha value is -3.33. The molecule has 1 saturated heterocycles. The summed E-state index contributed by atoms with van der Waals surface area (Å²) in [5.41, 5.74) is 0.565. The van der Waals surface area contributed by atoms with Gasteiger partial charge in [0.15, 0.2) is 0 Å². The minimum absolute atomic E-state index is 0.104. The zero-order chi connectivity index (χ0) is 25.2. The molecule has 10 heteroatoms. The predicted octanol–water partition coefficient (Wildman–Crippen LogP) is 5.15. The number of carbonyl (C=O) groups is 2. The molecule has 3 aromatic rings. The molecule has 2 amide bonds. The molecule has 4 rings (SSSR count). The van der Waals surface area contributed by atoms with Crippen LogP contribution in [0.25, 0.3) is 10.9 Å². The van der Waals surface area contributed by atoms with Crippen LogP contribution in [-0.4, -0.2) is 48.4 Å². The number of aromatic nitrogens is 1. The molecule has 0 unspecified atom stereocenters. The number of anilines is 2. The molecule has 1 aromatic heterocycles. The van der Waals surface area contributed by atoms with E-state index >= 15 is 0 Å². The first-order valence-electron chi connectivity index (χ1n) is 11.2. The maximum absolute atomic E-state index is 13.7. The third-order valence-electron chi connectivity index (χ3n) is 6.33. The fraction of sp³-hybridized carbons (Fsp3) is 0.320. The molecule has 184 valence electrons. The van der Waals surface area contributed by atoms with Gasteiger partial charge in [0.05, 0.1) is 33.9 Å².